The Balaban J connectivity index is 2.14. The summed E-state index contributed by atoms with van der Waals surface area (Å²) in [5.74, 6) is 0.470. The third-order valence-electron chi connectivity index (χ3n) is 3.37. The molecule has 104 valence electrons. The summed E-state index contributed by atoms with van der Waals surface area (Å²) in [5.41, 5.74) is 10.0. The standard InChI is InChI=1S/C15H19N5/c16-12-14(19-18-13-8-4-3-5-9-13)15(17)20-10-6-1-2-7-11-20/h3-5,8-9H,1-2,6-7,10-11H2,(H2,17,18)/p+1. The van der Waals surface area contributed by atoms with Gasteiger partial charge in [0.05, 0.1) is 18.8 Å². The largest absolute Gasteiger partial charge is 0.306 e. The second kappa shape index (κ2) is 7.29. The van der Waals surface area contributed by atoms with Crippen LogP contribution < -0.4 is 11.2 Å². The number of nitrogens with one attached hydrogen (secondary N) is 1. The van der Waals surface area contributed by atoms with E-state index in [0.717, 1.165) is 31.6 Å². The van der Waals surface area contributed by atoms with Crippen molar-refractivity contribution in [1.29, 1.82) is 5.26 Å². The zero-order valence-corrected chi connectivity index (χ0v) is 11.5. The van der Waals surface area contributed by atoms with Crippen molar-refractivity contribution in [1.82, 2.24) is 0 Å². The summed E-state index contributed by atoms with van der Waals surface area (Å²) in [7, 11) is 0. The van der Waals surface area contributed by atoms with Gasteiger partial charge in [-0.25, -0.2) is 0 Å². The number of nitriles is 1. The molecule has 0 radical (unpaired) electrons. The van der Waals surface area contributed by atoms with Crippen molar-refractivity contribution in [2.24, 2.45) is 10.8 Å². The van der Waals surface area contributed by atoms with E-state index in [-0.39, 0.29) is 5.71 Å². The molecule has 0 spiro atoms. The molecule has 0 atom stereocenters. The van der Waals surface area contributed by atoms with Gasteiger partial charge in [0, 0.05) is 0 Å². The molecule has 0 unspecified atom stereocenters. The number of anilines is 1. The van der Waals surface area contributed by atoms with Crippen LogP contribution in [0.3, 0.4) is 0 Å². The van der Waals surface area contributed by atoms with Gasteiger partial charge in [0.25, 0.3) is 0 Å². The maximum absolute atomic E-state index is 9.23. The number of hydrazone groups is 1. The van der Waals surface area contributed by atoms with Crippen LogP contribution in [0.2, 0.25) is 0 Å². The number of hydrogen-bond acceptors (Lipinski definition) is 3. The molecule has 1 fully saturated rings. The molecule has 0 bridgehead atoms. The number of nitrogens with two attached hydrogens (primary N) is 1. The van der Waals surface area contributed by atoms with Gasteiger partial charge in [-0.2, -0.15) is 10.4 Å². The number of para-hydroxylation sites is 1. The minimum absolute atomic E-state index is 0.246. The van der Waals surface area contributed by atoms with Crippen LogP contribution in [-0.2, 0) is 0 Å². The van der Waals surface area contributed by atoms with Crippen LogP contribution in [-0.4, -0.2) is 29.2 Å². The van der Waals surface area contributed by atoms with Crippen LogP contribution in [0.4, 0.5) is 5.69 Å². The normalized spacial score (nSPS) is 16.1. The summed E-state index contributed by atoms with van der Waals surface area (Å²) in [5, 5.41) is 13.3. The van der Waals surface area contributed by atoms with E-state index in [1.165, 1.54) is 12.8 Å². The van der Waals surface area contributed by atoms with E-state index in [1.807, 2.05) is 30.3 Å². The molecule has 1 saturated heterocycles. The molecule has 0 amide bonds. The third-order valence-corrected chi connectivity index (χ3v) is 3.37. The van der Waals surface area contributed by atoms with E-state index < -0.39 is 0 Å². The minimum atomic E-state index is 0.246. The van der Waals surface area contributed by atoms with Gasteiger partial charge in [-0.1, -0.05) is 18.2 Å². The Hall–Kier alpha value is -2.35. The number of rotatable bonds is 3. The summed E-state index contributed by atoms with van der Waals surface area (Å²) in [6, 6.07) is 11.6. The number of benzene rings is 1. The highest BCUT2D eigenvalue weighted by Gasteiger charge is 2.17. The molecule has 0 saturated carbocycles. The highest BCUT2D eigenvalue weighted by Crippen LogP contribution is 2.07. The van der Waals surface area contributed by atoms with Crippen molar-refractivity contribution in [3.8, 4) is 6.07 Å². The zero-order valence-electron chi connectivity index (χ0n) is 11.5. The molecule has 2 rings (SSSR count). The lowest BCUT2D eigenvalue weighted by Gasteiger charge is -2.05. The second-order valence-electron chi connectivity index (χ2n) is 4.84. The van der Waals surface area contributed by atoms with Gasteiger partial charge in [0.1, 0.15) is 6.07 Å². The fraction of sp³-hybridized carbons (Fsp3) is 0.400. The lowest BCUT2D eigenvalue weighted by atomic mass is 10.2. The van der Waals surface area contributed by atoms with E-state index >= 15 is 0 Å². The molecule has 1 aromatic rings. The van der Waals surface area contributed by atoms with Gasteiger partial charge in [0.15, 0.2) is 0 Å². The monoisotopic (exact) mass is 270 g/mol. The topological polar surface area (TPSA) is 77.2 Å². The van der Waals surface area contributed by atoms with Gasteiger partial charge < -0.3 is 0 Å². The Morgan fingerprint density at radius 1 is 1.15 bits per heavy atom. The fourth-order valence-electron chi connectivity index (χ4n) is 2.23. The van der Waals surface area contributed by atoms with Gasteiger partial charge in [-0.15, -0.1) is 0 Å². The fourth-order valence-corrected chi connectivity index (χ4v) is 2.23. The maximum Gasteiger partial charge on any atom is 0.306 e. The minimum Gasteiger partial charge on any atom is -0.285 e. The van der Waals surface area contributed by atoms with Crippen molar-refractivity contribution in [3.05, 3.63) is 30.3 Å². The maximum atomic E-state index is 9.23. The lowest BCUT2D eigenvalue weighted by Crippen LogP contribution is -2.36. The SMILES string of the molecule is N#C/C(=N\Nc1ccccc1)C(N)=[N+]1CCCCCC1. The van der Waals surface area contributed by atoms with Gasteiger partial charge in [-0.05, 0) is 37.8 Å². The van der Waals surface area contributed by atoms with E-state index in [1.54, 1.807) is 0 Å². The van der Waals surface area contributed by atoms with Crippen LogP contribution in [0.5, 0.6) is 0 Å². The molecule has 20 heavy (non-hydrogen) atoms. The average molecular weight is 270 g/mol. The molecular formula is C15H20N5+. The van der Waals surface area contributed by atoms with Crippen LogP contribution in [0.25, 0.3) is 0 Å². The molecule has 1 aromatic carbocycles. The molecule has 0 aliphatic carbocycles. The molecule has 0 aromatic heterocycles. The number of nitrogens with zero attached hydrogens (tertiary/aromatic N) is 3. The van der Waals surface area contributed by atoms with E-state index in [4.69, 9.17) is 5.73 Å². The first-order valence-electron chi connectivity index (χ1n) is 6.98. The average Bonchev–Trinajstić information content (AvgIpc) is 2.78. The molecule has 3 N–H and O–H groups in total. The Kier molecular flexibility index (Phi) is 5.13. The van der Waals surface area contributed by atoms with Crippen molar-refractivity contribution in [3.63, 3.8) is 0 Å². The first-order chi connectivity index (χ1) is 9.81. The van der Waals surface area contributed by atoms with Crippen LogP contribution >= 0.6 is 0 Å². The van der Waals surface area contributed by atoms with Crippen LogP contribution in [0.15, 0.2) is 35.4 Å². The zero-order chi connectivity index (χ0) is 14.2. The quantitative estimate of drug-likeness (QED) is 0.381. The summed E-state index contributed by atoms with van der Waals surface area (Å²) in [4.78, 5) is 0. The smallest absolute Gasteiger partial charge is 0.285 e. The molecule has 5 nitrogen and oxygen atoms in total. The Bertz CT molecular complexity index is 529. The van der Waals surface area contributed by atoms with Crippen molar-refractivity contribution in [2.45, 2.75) is 25.7 Å². The second-order valence-corrected chi connectivity index (χ2v) is 4.84. The van der Waals surface area contributed by atoms with Crippen LogP contribution in [0.1, 0.15) is 25.7 Å². The highest BCUT2D eigenvalue weighted by atomic mass is 15.3. The summed E-state index contributed by atoms with van der Waals surface area (Å²) in [6.45, 7) is 1.80. The van der Waals surface area contributed by atoms with Crippen molar-refractivity contribution >= 4 is 17.2 Å². The molecule has 1 aliphatic rings. The number of hydrogen-bond donors (Lipinski definition) is 2. The molecule has 5 heteroatoms. The van der Waals surface area contributed by atoms with E-state index in [0.29, 0.717) is 5.84 Å². The molecule has 1 aliphatic heterocycles. The Morgan fingerprint density at radius 3 is 2.40 bits per heavy atom. The highest BCUT2D eigenvalue weighted by molar-refractivity contribution is 6.45. The van der Waals surface area contributed by atoms with E-state index in [2.05, 4.69) is 21.2 Å². The Morgan fingerprint density at radius 2 is 1.80 bits per heavy atom. The van der Waals surface area contributed by atoms with Crippen molar-refractivity contribution in [2.75, 3.05) is 18.5 Å². The third kappa shape index (κ3) is 3.82. The van der Waals surface area contributed by atoms with Gasteiger partial charge in [0.2, 0.25) is 5.71 Å². The van der Waals surface area contributed by atoms with Crippen molar-refractivity contribution < 1.29 is 4.58 Å². The van der Waals surface area contributed by atoms with Gasteiger partial charge >= 0.3 is 5.84 Å². The molecular weight excluding hydrogens is 250 g/mol. The van der Waals surface area contributed by atoms with E-state index in [9.17, 15) is 5.26 Å². The predicted molar refractivity (Wildman–Crippen MR) is 80.8 cm³/mol. The summed E-state index contributed by atoms with van der Waals surface area (Å²) >= 11 is 0. The summed E-state index contributed by atoms with van der Waals surface area (Å²) < 4.78 is 2.06. The predicted octanol–water partition coefficient (Wildman–Crippen LogP) is 1.92. The lowest BCUT2D eigenvalue weighted by molar-refractivity contribution is -0.525. The van der Waals surface area contributed by atoms with Crippen LogP contribution in [0, 0.1) is 11.3 Å². The first-order valence-corrected chi connectivity index (χ1v) is 6.98. The first kappa shape index (κ1) is 14.1. The van der Waals surface area contributed by atoms with Gasteiger partial charge in [-0.3, -0.25) is 15.7 Å². The summed E-state index contributed by atoms with van der Waals surface area (Å²) in [6.07, 6.45) is 4.69. The Labute approximate surface area is 119 Å². The number of amidine groups is 1. The molecule has 1 heterocycles.